The number of benzene rings is 2. The Morgan fingerprint density at radius 2 is 1.82 bits per heavy atom. The van der Waals surface area contributed by atoms with E-state index >= 15 is 0 Å². The van der Waals surface area contributed by atoms with Gasteiger partial charge in [0, 0.05) is 42.0 Å². The molecule has 9 heteroatoms. The first-order chi connectivity index (χ1) is 23.8. The first-order valence-electron chi connectivity index (χ1n) is 19.0. The molecule has 8 nitrogen and oxygen atoms in total. The van der Waals surface area contributed by atoms with Crippen LogP contribution in [0.1, 0.15) is 94.9 Å². The second-order valence-corrected chi connectivity index (χ2v) is 19.3. The average molecular weight is 704 g/mol. The topological polar surface area (TPSA) is 97.7 Å². The second-order valence-electron chi connectivity index (χ2n) is 17.9. The zero-order valence-electron chi connectivity index (χ0n) is 30.4. The van der Waals surface area contributed by atoms with E-state index < -0.39 is 24.4 Å². The number of aromatic hydroxyl groups is 1. The summed E-state index contributed by atoms with van der Waals surface area (Å²) in [5.41, 5.74) is 3.45. The third-order valence-electron chi connectivity index (χ3n) is 14.9. The first-order valence-corrected chi connectivity index (χ1v) is 20.5. The number of phosphoric ester groups is 1. The molecule has 5 fully saturated rings. The number of phenolic OH excluding ortho intramolecular Hbond substituents is 1. The van der Waals surface area contributed by atoms with Crippen LogP contribution in [0.3, 0.4) is 0 Å². The van der Waals surface area contributed by atoms with Gasteiger partial charge in [-0.05, 0) is 112 Å². The molecule has 2 aromatic carbocycles. The van der Waals surface area contributed by atoms with E-state index in [1.807, 2.05) is 13.0 Å². The monoisotopic (exact) mass is 703 g/mol. The van der Waals surface area contributed by atoms with Crippen LogP contribution in [0, 0.1) is 22.7 Å². The van der Waals surface area contributed by atoms with Crippen LogP contribution in [0.15, 0.2) is 48.0 Å². The number of likely N-dealkylation sites (tertiary alicyclic amines) is 1. The quantitative estimate of drug-likeness (QED) is 0.192. The number of phenols is 1. The number of ether oxygens (including phenoxy) is 2. The predicted molar refractivity (Wildman–Crippen MR) is 191 cm³/mol. The average Bonchev–Trinajstić information content (AvgIpc) is 3.82. The summed E-state index contributed by atoms with van der Waals surface area (Å²) in [5, 5.41) is 11.3. The van der Waals surface area contributed by atoms with Crippen molar-refractivity contribution >= 4 is 7.82 Å². The third kappa shape index (κ3) is 4.57. The summed E-state index contributed by atoms with van der Waals surface area (Å²) in [6.07, 6.45) is 11.2. The Morgan fingerprint density at radius 3 is 2.56 bits per heavy atom. The lowest BCUT2D eigenvalue weighted by molar-refractivity contribution is -0.310. The Balaban J connectivity index is 1.06. The van der Waals surface area contributed by atoms with E-state index in [0.717, 1.165) is 64.0 Å². The number of hydrogen-bond acceptors (Lipinski definition) is 7. The van der Waals surface area contributed by atoms with E-state index in [-0.39, 0.29) is 35.2 Å². The third-order valence-corrected chi connectivity index (χ3v) is 16.1. The van der Waals surface area contributed by atoms with Crippen LogP contribution in [0.5, 0.6) is 11.5 Å². The molecule has 8 aliphatic rings. The van der Waals surface area contributed by atoms with Gasteiger partial charge in [-0.15, -0.1) is 0 Å². The Morgan fingerprint density at radius 1 is 1.04 bits per heavy atom. The lowest BCUT2D eigenvalue weighted by Crippen LogP contribution is -2.83. The Labute approximate surface area is 297 Å². The number of nitrogens with zero attached hydrogens (tertiary/aromatic N) is 1. The molecule has 1 saturated heterocycles. The van der Waals surface area contributed by atoms with Crippen molar-refractivity contribution in [2.45, 2.75) is 121 Å². The van der Waals surface area contributed by atoms with Gasteiger partial charge in [0.05, 0.1) is 12.2 Å². The van der Waals surface area contributed by atoms with Crippen molar-refractivity contribution in [3.63, 3.8) is 0 Å². The van der Waals surface area contributed by atoms with Gasteiger partial charge in [0.15, 0.2) is 11.5 Å². The van der Waals surface area contributed by atoms with Crippen molar-refractivity contribution in [2.75, 3.05) is 26.8 Å². The Bertz CT molecular complexity index is 1800. The van der Waals surface area contributed by atoms with Crippen LogP contribution >= 0.6 is 7.82 Å². The fraction of sp³-hybridized carbons (Fsp3) is 0.659. The maximum atomic E-state index is 14.1. The molecule has 2 aromatic rings. The molecule has 2 heterocycles. The minimum atomic E-state index is -4.51. The molecule has 8 atom stereocenters. The van der Waals surface area contributed by atoms with Crippen LogP contribution in [-0.4, -0.2) is 65.1 Å². The molecule has 0 aromatic heterocycles. The molecule has 6 aliphatic carbocycles. The number of phosphoric acid groups is 1. The minimum absolute atomic E-state index is 0.108. The van der Waals surface area contributed by atoms with Gasteiger partial charge >= 0.3 is 7.82 Å². The van der Waals surface area contributed by atoms with Crippen LogP contribution in [0.4, 0.5) is 0 Å². The summed E-state index contributed by atoms with van der Waals surface area (Å²) in [7, 11) is -2.72. The molecule has 2 spiro atoms. The van der Waals surface area contributed by atoms with Gasteiger partial charge < -0.3 is 19.5 Å². The van der Waals surface area contributed by atoms with E-state index in [2.05, 4.69) is 62.1 Å². The molecule has 4 bridgehead atoms. The van der Waals surface area contributed by atoms with Crippen molar-refractivity contribution in [3.8, 4) is 11.5 Å². The summed E-state index contributed by atoms with van der Waals surface area (Å²) < 4.78 is 40.4. The van der Waals surface area contributed by atoms with Gasteiger partial charge in [-0.2, -0.15) is 0 Å². The molecule has 2 N–H and O–H groups in total. The maximum Gasteiger partial charge on any atom is 0.472 e. The molecule has 0 amide bonds. The van der Waals surface area contributed by atoms with E-state index in [9.17, 15) is 14.6 Å². The van der Waals surface area contributed by atoms with Crippen molar-refractivity contribution in [1.29, 1.82) is 0 Å². The second kappa shape index (κ2) is 11.2. The molecule has 270 valence electrons. The van der Waals surface area contributed by atoms with E-state index in [0.29, 0.717) is 18.2 Å². The number of fused-ring (bicyclic) bond motifs is 3. The van der Waals surface area contributed by atoms with Gasteiger partial charge in [0.2, 0.25) is 0 Å². The predicted octanol–water partition coefficient (Wildman–Crippen LogP) is 7.67. The Hall–Kier alpha value is -2.19. The van der Waals surface area contributed by atoms with Crippen LogP contribution in [-0.2, 0) is 43.0 Å². The van der Waals surface area contributed by atoms with E-state index in [1.54, 1.807) is 7.11 Å². The van der Waals surface area contributed by atoms with Gasteiger partial charge in [0.25, 0.3) is 0 Å². The molecular formula is C41H54NO7P. The van der Waals surface area contributed by atoms with Crippen LogP contribution in [0.25, 0.3) is 0 Å². The van der Waals surface area contributed by atoms with Gasteiger partial charge in [-0.1, -0.05) is 62.8 Å². The van der Waals surface area contributed by atoms with Crippen LogP contribution < -0.4 is 4.74 Å². The van der Waals surface area contributed by atoms with E-state index in [1.165, 1.54) is 40.7 Å². The first kappa shape index (κ1) is 33.6. The SMILES string of the molecule is COC12CCC3(CC1C(C)(OP(=O)(O)OCCC1=CCc4ccccc4C1)C(C)(C)C)C1Cc4ccc(O)c5c4C3(CCN1CC1CC1)C2O5. The largest absolute Gasteiger partial charge is 0.504 e. The lowest BCUT2D eigenvalue weighted by Gasteiger charge is -2.75. The fourth-order valence-corrected chi connectivity index (χ4v) is 13.3. The van der Waals surface area contributed by atoms with Crippen molar-refractivity contribution in [2.24, 2.45) is 22.7 Å². The summed E-state index contributed by atoms with van der Waals surface area (Å²) in [6, 6.07) is 12.7. The zero-order valence-corrected chi connectivity index (χ0v) is 31.3. The minimum Gasteiger partial charge on any atom is -0.504 e. The maximum absolute atomic E-state index is 14.1. The molecule has 4 saturated carbocycles. The summed E-state index contributed by atoms with van der Waals surface area (Å²) in [4.78, 5) is 14.3. The fourth-order valence-electron chi connectivity index (χ4n) is 12.0. The molecule has 50 heavy (non-hydrogen) atoms. The molecule has 8 unspecified atom stereocenters. The van der Waals surface area contributed by atoms with Gasteiger partial charge in [0.1, 0.15) is 11.7 Å². The number of hydrogen-bond donors (Lipinski definition) is 2. The normalized spacial score (nSPS) is 36.1. The Kier molecular flexibility index (Phi) is 7.51. The van der Waals surface area contributed by atoms with Crippen molar-refractivity contribution < 1.29 is 33.1 Å². The number of methoxy groups -OCH3 is 1. The molecule has 10 rings (SSSR count). The zero-order chi connectivity index (χ0) is 34.9. The molecule has 0 radical (unpaired) electrons. The highest BCUT2D eigenvalue weighted by Gasteiger charge is 2.83. The van der Waals surface area contributed by atoms with Crippen molar-refractivity contribution in [1.82, 2.24) is 4.90 Å². The summed E-state index contributed by atoms with van der Waals surface area (Å²) in [6.45, 7) is 10.6. The van der Waals surface area contributed by atoms with Gasteiger partial charge in [-0.3, -0.25) is 13.9 Å². The highest BCUT2D eigenvalue weighted by atomic mass is 31.2. The van der Waals surface area contributed by atoms with Crippen molar-refractivity contribution in [3.05, 3.63) is 70.3 Å². The molecular weight excluding hydrogens is 649 g/mol. The number of allylic oxidation sites excluding steroid dienone is 1. The smallest absolute Gasteiger partial charge is 0.472 e. The van der Waals surface area contributed by atoms with E-state index in [4.69, 9.17) is 18.5 Å². The number of rotatable bonds is 10. The van der Waals surface area contributed by atoms with Gasteiger partial charge in [-0.25, -0.2) is 4.57 Å². The summed E-state index contributed by atoms with van der Waals surface area (Å²) in [5.74, 6) is 1.33. The lowest BCUT2D eigenvalue weighted by atomic mass is 9.33. The standard InChI is InChI=1S/C41H54NO7P/c1-37(2,3)38(4,49-50(44,45)47-21-16-26-12-13-28-8-6-7-9-29(28)22-26)32-24-39-17-18-41(32,46-5)36-40(39)19-20-42(25-27-10-11-27)33(39)23-30-14-15-31(43)35(48-36)34(30)40/h6-9,12,14-15,27,32-33,36,43H,10-11,13,16-25H2,1-5H3,(H,44,45). The van der Waals surface area contributed by atoms with Crippen LogP contribution in [0.2, 0.25) is 0 Å². The summed E-state index contributed by atoms with van der Waals surface area (Å²) >= 11 is 0. The highest BCUT2D eigenvalue weighted by molar-refractivity contribution is 7.47. The highest BCUT2D eigenvalue weighted by Crippen LogP contribution is 2.79. The number of piperidine rings is 1. The molecule has 2 aliphatic heterocycles.